The summed E-state index contributed by atoms with van der Waals surface area (Å²) in [6, 6.07) is 18.2. The number of ether oxygens (including phenoxy) is 1. The summed E-state index contributed by atoms with van der Waals surface area (Å²) in [5.41, 5.74) is 1.70. The molecule has 11 heteroatoms. The maximum Gasteiger partial charge on any atom is 0.521 e. The van der Waals surface area contributed by atoms with E-state index in [1.807, 2.05) is 60.7 Å². The molecule has 44 heavy (non-hydrogen) atoms. The summed E-state index contributed by atoms with van der Waals surface area (Å²) in [4.78, 5) is 38.7. The number of nitrogens with zero attached hydrogens (tertiary/aromatic N) is 1. The van der Waals surface area contributed by atoms with E-state index in [0.29, 0.717) is 38.6 Å². The van der Waals surface area contributed by atoms with E-state index in [2.05, 4.69) is 12.2 Å². The minimum Gasteiger partial charge on any atom is -0.445 e. The Bertz CT molecular complexity index is 1230. The SMILES string of the molecule is CCCCCCP(=O)(OCc1ccccc1)O[C@@H](CCCCNC(=O)OCc1ccccc1)C(=O)[N+]1(C(=O)O)CCC[C@H]1C. The van der Waals surface area contributed by atoms with Crippen LogP contribution >= 0.6 is 7.60 Å². The fourth-order valence-electron chi connectivity index (χ4n) is 5.50. The Morgan fingerprint density at radius 3 is 2.20 bits per heavy atom. The van der Waals surface area contributed by atoms with Gasteiger partial charge in [0.15, 0.2) is 6.10 Å². The lowest BCUT2D eigenvalue weighted by Crippen LogP contribution is -2.62. The highest BCUT2D eigenvalue weighted by molar-refractivity contribution is 7.53. The van der Waals surface area contributed by atoms with Crippen molar-refractivity contribution in [2.45, 2.75) is 97.0 Å². The molecule has 2 aromatic carbocycles. The van der Waals surface area contributed by atoms with Gasteiger partial charge in [0.1, 0.15) is 12.6 Å². The van der Waals surface area contributed by atoms with E-state index in [1.54, 1.807) is 6.92 Å². The minimum atomic E-state index is -3.78. The van der Waals surface area contributed by atoms with Gasteiger partial charge in [-0.1, -0.05) is 86.8 Å². The summed E-state index contributed by atoms with van der Waals surface area (Å²) in [7, 11) is -3.78. The highest BCUT2D eigenvalue weighted by Gasteiger charge is 2.56. The number of nitrogens with one attached hydrogen (secondary N) is 1. The molecule has 2 N–H and O–H groups in total. The Kier molecular flexibility index (Phi) is 14.5. The van der Waals surface area contributed by atoms with Crippen LogP contribution < -0.4 is 5.32 Å². The molecule has 2 unspecified atom stereocenters. The number of unbranched alkanes of at least 4 members (excludes halogenated alkanes) is 4. The second-order valence-corrected chi connectivity index (χ2v) is 13.6. The van der Waals surface area contributed by atoms with Crippen LogP contribution in [0.1, 0.15) is 82.8 Å². The van der Waals surface area contributed by atoms with E-state index in [-0.39, 0.29) is 32.3 Å². The van der Waals surface area contributed by atoms with Crippen LogP contribution in [0.4, 0.5) is 9.59 Å². The minimum absolute atomic E-state index is 0.0527. The van der Waals surface area contributed by atoms with Gasteiger partial charge in [-0.25, -0.2) is 9.59 Å². The molecular formula is C33H48N2O8P+. The van der Waals surface area contributed by atoms with Gasteiger partial charge in [0, 0.05) is 19.4 Å². The Morgan fingerprint density at radius 2 is 1.61 bits per heavy atom. The van der Waals surface area contributed by atoms with Crippen molar-refractivity contribution < 1.29 is 42.3 Å². The molecule has 1 heterocycles. The summed E-state index contributed by atoms with van der Waals surface area (Å²) >= 11 is 0. The monoisotopic (exact) mass is 631 g/mol. The fraction of sp³-hybridized carbons (Fsp3) is 0.545. The van der Waals surface area contributed by atoms with Crippen molar-refractivity contribution in [1.82, 2.24) is 5.32 Å². The number of benzene rings is 2. The Labute approximate surface area is 261 Å². The smallest absolute Gasteiger partial charge is 0.445 e. The zero-order valence-corrected chi connectivity index (χ0v) is 26.9. The molecule has 0 saturated carbocycles. The van der Waals surface area contributed by atoms with E-state index in [4.69, 9.17) is 13.8 Å². The van der Waals surface area contributed by atoms with Gasteiger partial charge < -0.3 is 19.7 Å². The molecule has 0 aromatic heterocycles. The third kappa shape index (κ3) is 10.5. The first-order valence-electron chi connectivity index (χ1n) is 15.8. The number of carboxylic acid groups (broad SMARTS) is 1. The van der Waals surface area contributed by atoms with Gasteiger partial charge >= 0.3 is 25.7 Å². The number of alkyl carbamates (subject to hydrolysis) is 1. The molecule has 4 atom stereocenters. The van der Waals surface area contributed by atoms with Crippen LogP contribution in [0, 0.1) is 0 Å². The highest BCUT2D eigenvalue weighted by Crippen LogP contribution is 2.52. The first-order valence-corrected chi connectivity index (χ1v) is 17.5. The number of hydrogen-bond donors (Lipinski definition) is 2. The largest absolute Gasteiger partial charge is 0.521 e. The van der Waals surface area contributed by atoms with Crippen LogP contribution in [0.15, 0.2) is 60.7 Å². The first kappa shape index (κ1) is 35.4. The van der Waals surface area contributed by atoms with Gasteiger partial charge in [-0.15, -0.1) is 0 Å². The van der Waals surface area contributed by atoms with Crippen molar-refractivity contribution >= 4 is 25.7 Å². The fourth-order valence-corrected chi connectivity index (χ4v) is 7.34. The number of amides is 3. The van der Waals surface area contributed by atoms with Crippen LogP contribution in [0.3, 0.4) is 0 Å². The Balaban J connectivity index is 1.68. The summed E-state index contributed by atoms with van der Waals surface area (Å²) in [5.74, 6) is -0.602. The number of carbonyl (C=O) groups excluding carboxylic acids is 2. The first-order chi connectivity index (χ1) is 21.2. The molecule has 0 spiro atoms. The lowest BCUT2D eigenvalue weighted by Gasteiger charge is -2.33. The molecule has 0 bridgehead atoms. The summed E-state index contributed by atoms with van der Waals surface area (Å²) < 4.78 is 30.8. The molecule has 0 aliphatic carbocycles. The molecule has 1 saturated heterocycles. The van der Waals surface area contributed by atoms with Gasteiger partial charge in [-0.05, 0) is 43.7 Å². The van der Waals surface area contributed by atoms with Crippen molar-refractivity contribution in [3.05, 3.63) is 71.8 Å². The van der Waals surface area contributed by atoms with E-state index in [9.17, 15) is 24.1 Å². The number of quaternary nitrogens is 1. The van der Waals surface area contributed by atoms with Crippen molar-refractivity contribution in [3.63, 3.8) is 0 Å². The van der Waals surface area contributed by atoms with Crippen molar-refractivity contribution in [2.75, 3.05) is 19.3 Å². The zero-order valence-electron chi connectivity index (χ0n) is 26.0. The van der Waals surface area contributed by atoms with Crippen LogP contribution in [0.25, 0.3) is 0 Å². The molecule has 3 amide bonds. The van der Waals surface area contributed by atoms with E-state index < -0.39 is 42.3 Å². The van der Waals surface area contributed by atoms with Gasteiger partial charge in [0.2, 0.25) is 0 Å². The molecule has 1 fully saturated rings. The average molecular weight is 632 g/mol. The van der Waals surface area contributed by atoms with Gasteiger partial charge in [-0.3, -0.25) is 9.09 Å². The van der Waals surface area contributed by atoms with Crippen molar-refractivity contribution in [1.29, 1.82) is 0 Å². The highest BCUT2D eigenvalue weighted by atomic mass is 31.2. The second kappa shape index (κ2) is 18.1. The van der Waals surface area contributed by atoms with Crippen LogP contribution in [0.2, 0.25) is 0 Å². The Morgan fingerprint density at radius 1 is 0.955 bits per heavy atom. The number of rotatable bonds is 18. The predicted molar refractivity (Wildman–Crippen MR) is 168 cm³/mol. The summed E-state index contributed by atoms with van der Waals surface area (Å²) in [5, 5.41) is 12.9. The van der Waals surface area contributed by atoms with Gasteiger partial charge in [-0.2, -0.15) is 9.28 Å². The quantitative estimate of drug-likeness (QED) is 0.0975. The van der Waals surface area contributed by atoms with Crippen molar-refractivity contribution in [2.24, 2.45) is 0 Å². The topological polar surface area (TPSA) is 128 Å². The Hall–Kier alpha value is -3.04. The van der Waals surface area contributed by atoms with Crippen molar-refractivity contribution in [3.8, 4) is 0 Å². The van der Waals surface area contributed by atoms with E-state index >= 15 is 0 Å². The van der Waals surface area contributed by atoms with Gasteiger partial charge in [0.25, 0.3) is 0 Å². The number of hydrogen-bond acceptors (Lipinski definition) is 7. The zero-order chi connectivity index (χ0) is 31.8. The van der Waals surface area contributed by atoms with E-state index in [0.717, 1.165) is 30.4 Å². The summed E-state index contributed by atoms with van der Waals surface area (Å²) in [6.07, 6.45) is 2.81. The molecule has 10 nitrogen and oxygen atoms in total. The van der Waals surface area contributed by atoms with Crippen LogP contribution in [0.5, 0.6) is 0 Å². The lowest BCUT2D eigenvalue weighted by molar-refractivity contribution is -0.794. The molecule has 2 aromatic rings. The molecular weight excluding hydrogens is 583 g/mol. The molecule has 3 rings (SSSR count). The van der Waals surface area contributed by atoms with Crippen LogP contribution in [-0.4, -0.2) is 59.1 Å². The summed E-state index contributed by atoms with van der Waals surface area (Å²) in [6.45, 7) is 4.51. The molecule has 1 aliphatic rings. The maximum atomic E-state index is 14.2. The molecule has 242 valence electrons. The average Bonchev–Trinajstić information content (AvgIpc) is 3.43. The van der Waals surface area contributed by atoms with E-state index in [1.165, 1.54) is 0 Å². The number of likely N-dealkylation sites (tertiary alicyclic amines) is 1. The maximum absolute atomic E-state index is 14.2. The second-order valence-electron chi connectivity index (χ2n) is 11.4. The molecule has 1 aliphatic heterocycles. The van der Waals surface area contributed by atoms with Crippen LogP contribution in [-0.2, 0) is 36.4 Å². The predicted octanol–water partition coefficient (Wildman–Crippen LogP) is 7.66. The lowest BCUT2D eigenvalue weighted by atomic mass is 10.1. The standard InChI is InChI=1S/C33H47N2O8P/c1-3-4-5-14-24-44(40,42-26-29-19-10-7-11-20-29)43-30(31(36)35(33(38)39)23-15-16-27(35)2)21-12-13-22-34-32(37)41-25-28-17-8-6-9-18-28/h6-11,17-20,27,30H,3-5,12-16,21-26H2,1-2H3,(H-,34,37,38,39)/p+1/t27-,30+,35?,44?/m1/s1. The van der Waals surface area contributed by atoms with Gasteiger partial charge in [0.05, 0.1) is 19.3 Å². The normalized spacial score (nSPS) is 20.0. The number of imide groups is 1. The molecule has 0 radical (unpaired) electrons. The number of carbonyl (C=O) groups is 3. The third-order valence-corrected chi connectivity index (χ3v) is 10.1. The third-order valence-electron chi connectivity index (χ3n) is 8.11.